The summed E-state index contributed by atoms with van der Waals surface area (Å²) < 4.78 is 6.62. The van der Waals surface area contributed by atoms with Crippen molar-refractivity contribution < 1.29 is 0 Å². The minimum atomic E-state index is 1.10. The molecule has 0 aliphatic rings. The van der Waals surface area contributed by atoms with Crippen LogP contribution < -0.4 is 0 Å². The fourth-order valence-electron chi connectivity index (χ4n) is 2.63. The van der Waals surface area contributed by atoms with Gasteiger partial charge in [-0.2, -0.15) is 0 Å². The summed E-state index contributed by atoms with van der Waals surface area (Å²) in [5.41, 5.74) is 3.58. The SMILES string of the molecule is Brc1cc(Br)c(-c2cc(-c3sc(Br)cc3Br)cc(-c3sc(Br)cc3Br)c2)s1. The van der Waals surface area contributed by atoms with Gasteiger partial charge in [0.1, 0.15) is 0 Å². The number of hydrogen-bond acceptors (Lipinski definition) is 3. The summed E-state index contributed by atoms with van der Waals surface area (Å²) in [4.78, 5) is 3.63. The van der Waals surface area contributed by atoms with Gasteiger partial charge < -0.3 is 0 Å². The monoisotopic (exact) mass is 791 g/mol. The molecule has 0 radical (unpaired) electrons. The molecule has 27 heavy (non-hydrogen) atoms. The third-order valence-electron chi connectivity index (χ3n) is 3.69. The van der Waals surface area contributed by atoms with Gasteiger partial charge in [0.15, 0.2) is 0 Å². The van der Waals surface area contributed by atoms with E-state index in [1.54, 1.807) is 34.0 Å². The Bertz CT molecular complexity index is 999. The number of thiophene rings is 3. The molecule has 4 rings (SSSR count). The van der Waals surface area contributed by atoms with Gasteiger partial charge in [0.25, 0.3) is 0 Å². The molecular formula is C18H6Br6S3. The molecule has 0 aliphatic carbocycles. The first-order valence-electron chi connectivity index (χ1n) is 7.32. The van der Waals surface area contributed by atoms with Gasteiger partial charge >= 0.3 is 0 Å². The zero-order valence-electron chi connectivity index (χ0n) is 13.0. The summed E-state index contributed by atoms with van der Waals surface area (Å²) in [5.74, 6) is 0. The van der Waals surface area contributed by atoms with E-state index < -0.39 is 0 Å². The molecule has 0 amide bonds. The highest BCUT2D eigenvalue weighted by Gasteiger charge is 2.17. The average molecular weight is 798 g/mol. The van der Waals surface area contributed by atoms with Gasteiger partial charge in [-0.25, -0.2) is 0 Å². The Morgan fingerprint density at radius 1 is 0.407 bits per heavy atom. The van der Waals surface area contributed by atoms with Crippen molar-refractivity contribution in [3.05, 3.63) is 61.2 Å². The second-order valence-corrected chi connectivity index (χ2v) is 15.3. The van der Waals surface area contributed by atoms with Crippen molar-refractivity contribution in [3.8, 4) is 31.3 Å². The van der Waals surface area contributed by atoms with Crippen LogP contribution in [0.15, 0.2) is 61.2 Å². The lowest BCUT2D eigenvalue weighted by atomic mass is 10.0. The van der Waals surface area contributed by atoms with Crippen LogP contribution in [0.1, 0.15) is 0 Å². The molecule has 0 nitrogen and oxygen atoms in total. The van der Waals surface area contributed by atoms with Crippen LogP contribution in [0.5, 0.6) is 0 Å². The summed E-state index contributed by atoms with van der Waals surface area (Å²) in [7, 11) is 0. The molecule has 0 aliphatic heterocycles. The topological polar surface area (TPSA) is 0 Å². The van der Waals surface area contributed by atoms with Gasteiger partial charge in [0, 0.05) is 28.0 Å². The molecule has 3 aromatic heterocycles. The summed E-state index contributed by atoms with van der Waals surface area (Å²) >= 11 is 27.1. The largest absolute Gasteiger partial charge is 0.127 e. The number of hydrogen-bond donors (Lipinski definition) is 0. The van der Waals surface area contributed by atoms with Crippen LogP contribution in [-0.4, -0.2) is 0 Å². The second-order valence-electron chi connectivity index (χ2n) is 5.48. The molecular weight excluding hydrogens is 792 g/mol. The normalized spacial score (nSPS) is 11.3. The predicted octanol–water partition coefficient (Wildman–Crippen LogP) is 11.4. The first kappa shape index (κ1) is 21.4. The molecule has 0 unspecified atom stereocenters. The molecule has 0 spiro atoms. The van der Waals surface area contributed by atoms with E-state index in [0.29, 0.717) is 0 Å². The summed E-state index contributed by atoms with van der Waals surface area (Å²) in [5, 5.41) is 0. The standard InChI is InChI=1S/C18H6Br6S3/c19-10-4-13(22)25-16(10)7-1-8(17-11(20)5-14(23)26-17)3-9(2-7)18-12(21)6-15(24)27-18/h1-6H. The van der Waals surface area contributed by atoms with E-state index in [4.69, 9.17) is 0 Å². The van der Waals surface area contributed by atoms with Crippen molar-refractivity contribution in [2.45, 2.75) is 0 Å². The molecule has 9 heteroatoms. The Kier molecular flexibility index (Phi) is 6.94. The average Bonchev–Trinajstić information content (AvgIpc) is 3.23. The maximum atomic E-state index is 3.70. The van der Waals surface area contributed by atoms with E-state index in [1.807, 2.05) is 0 Å². The van der Waals surface area contributed by atoms with Gasteiger partial charge in [-0.3, -0.25) is 0 Å². The molecule has 138 valence electrons. The number of benzene rings is 1. The zero-order valence-corrected chi connectivity index (χ0v) is 24.9. The van der Waals surface area contributed by atoms with E-state index in [2.05, 4.69) is 132 Å². The smallest absolute Gasteiger partial charge is 0.0716 e. The fraction of sp³-hybridized carbons (Fsp3) is 0. The summed E-state index contributed by atoms with van der Waals surface area (Å²) in [6.45, 7) is 0. The first-order valence-corrected chi connectivity index (χ1v) is 14.5. The van der Waals surface area contributed by atoms with Gasteiger partial charge in [-0.05, 0) is 149 Å². The Labute approximate surface area is 219 Å². The number of halogens is 6. The summed E-state index contributed by atoms with van der Waals surface area (Å²) in [6.07, 6.45) is 0. The first-order chi connectivity index (χ1) is 12.8. The maximum absolute atomic E-state index is 3.70. The Balaban J connectivity index is 1.98. The lowest BCUT2D eigenvalue weighted by molar-refractivity contribution is 1.64. The molecule has 0 atom stereocenters. The van der Waals surface area contributed by atoms with E-state index in [1.165, 1.54) is 31.3 Å². The van der Waals surface area contributed by atoms with Crippen molar-refractivity contribution in [2.24, 2.45) is 0 Å². The lowest BCUT2D eigenvalue weighted by Crippen LogP contribution is -1.83. The molecule has 0 N–H and O–H groups in total. The van der Waals surface area contributed by atoms with E-state index in [-0.39, 0.29) is 0 Å². The Hall–Kier alpha value is 1.20. The quantitative estimate of drug-likeness (QED) is 0.194. The highest BCUT2D eigenvalue weighted by molar-refractivity contribution is 9.12. The van der Waals surface area contributed by atoms with Crippen LogP contribution in [0.3, 0.4) is 0 Å². The van der Waals surface area contributed by atoms with Crippen molar-refractivity contribution >= 4 is 130 Å². The predicted molar refractivity (Wildman–Crippen MR) is 143 cm³/mol. The van der Waals surface area contributed by atoms with Crippen molar-refractivity contribution in [2.75, 3.05) is 0 Å². The van der Waals surface area contributed by atoms with Gasteiger partial charge in [-0.1, -0.05) is 0 Å². The minimum absolute atomic E-state index is 1.10. The fourth-order valence-corrected chi connectivity index (χ4v) is 10.5. The van der Waals surface area contributed by atoms with Crippen LogP contribution >= 0.6 is 130 Å². The molecule has 0 fully saturated rings. The van der Waals surface area contributed by atoms with E-state index in [9.17, 15) is 0 Å². The highest BCUT2D eigenvalue weighted by atomic mass is 79.9. The van der Waals surface area contributed by atoms with E-state index in [0.717, 1.165) is 24.8 Å². The molecule has 0 saturated carbocycles. The van der Waals surface area contributed by atoms with Gasteiger partial charge in [-0.15, -0.1) is 34.0 Å². The van der Waals surface area contributed by atoms with Gasteiger partial charge in [0.05, 0.1) is 11.4 Å². The Morgan fingerprint density at radius 3 is 0.852 bits per heavy atom. The summed E-state index contributed by atoms with van der Waals surface area (Å²) in [6, 6.07) is 13.1. The third-order valence-corrected chi connectivity index (χ3v) is 11.4. The molecule has 3 heterocycles. The molecule has 4 aromatic rings. The molecule has 0 saturated heterocycles. The van der Waals surface area contributed by atoms with Gasteiger partial charge in [0.2, 0.25) is 0 Å². The lowest BCUT2D eigenvalue weighted by Gasteiger charge is -2.09. The van der Waals surface area contributed by atoms with Crippen LogP contribution in [0, 0.1) is 0 Å². The second kappa shape index (κ2) is 8.75. The minimum Gasteiger partial charge on any atom is -0.127 e. The van der Waals surface area contributed by atoms with Crippen LogP contribution in [-0.2, 0) is 0 Å². The highest BCUT2D eigenvalue weighted by Crippen LogP contribution is 2.47. The number of rotatable bonds is 3. The third kappa shape index (κ3) is 4.61. The molecule has 0 bridgehead atoms. The van der Waals surface area contributed by atoms with E-state index >= 15 is 0 Å². The van der Waals surface area contributed by atoms with Crippen molar-refractivity contribution in [3.63, 3.8) is 0 Å². The van der Waals surface area contributed by atoms with Crippen LogP contribution in [0.4, 0.5) is 0 Å². The van der Waals surface area contributed by atoms with Crippen LogP contribution in [0.2, 0.25) is 0 Å². The van der Waals surface area contributed by atoms with Crippen molar-refractivity contribution in [1.29, 1.82) is 0 Å². The molecule has 1 aromatic carbocycles. The Morgan fingerprint density at radius 2 is 0.667 bits per heavy atom. The maximum Gasteiger partial charge on any atom is 0.0716 e. The zero-order chi connectivity index (χ0) is 19.3. The van der Waals surface area contributed by atoms with Crippen molar-refractivity contribution in [1.82, 2.24) is 0 Å². The van der Waals surface area contributed by atoms with Crippen LogP contribution in [0.25, 0.3) is 31.3 Å².